The molecule has 82 valence electrons. The van der Waals surface area contributed by atoms with E-state index < -0.39 is 0 Å². The summed E-state index contributed by atoms with van der Waals surface area (Å²) in [6, 6.07) is 0. The van der Waals surface area contributed by atoms with Gasteiger partial charge in [0.15, 0.2) is 0 Å². The smallest absolute Gasteiger partial charge is 0.0684 e. The van der Waals surface area contributed by atoms with Gasteiger partial charge in [-0.25, -0.2) is 0 Å². The zero-order valence-electron chi connectivity index (χ0n) is 9.33. The van der Waals surface area contributed by atoms with Crippen molar-refractivity contribution >= 4 is 0 Å². The average Bonchev–Trinajstić information content (AvgIpc) is 2.97. The van der Waals surface area contributed by atoms with Crippen molar-refractivity contribution in [2.24, 2.45) is 17.3 Å². The van der Waals surface area contributed by atoms with Gasteiger partial charge in [-0.3, -0.25) is 0 Å². The van der Waals surface area contributed by atoms with Gasteiger partial charge >= 0.3 is 0 Å². The molecule has 0 amide bonds. The van der Waals surface area contributed by atoms with Gasteiger partial charge in [-0.15, -0.1) is 0 Å². The minimum Gasteiger partial charge on any atom is -0.396 e. The Bertz CT molecular complexity index is 200. The van der Waals surface area contributed by atoms with Crippen LogP contribution in [0.25, 0.3) is 0 Å². The molecule has 14 heavy (non-hydrogen) atoms. The van der Waals surface area contributed by atoms with E-state index in [2.05, 4.69) is 13.8 Å². The molecule has 2 aliphatic rings. The Kier molecular flexibility index (Phi) is 2.85. The van der Waals surface area contributed by atoms with Crippen molar-refractivity contribution in [2.75, 3.05) is 13.2 Å². The van der Waals surface area contributed by atoms with Crippen LogP contribution in [0.5, 0.6) is 0 Å². The molecule has 2 rings (SSSR count). The van der Waals surface area contributed by atoms with Gasteiger partial charge in [0.25, 0.3) is 0 Å². The number of hydrogen-bond acceptors (Lipinski definition) is 2. The molecule has 1 aliphatic heterocycles. The molecule has 0 spiro atoms. The SMILES string of the molecule is CCC(C)C1(CO)CCOC1C1CC1. The monoisotopic (exact) mass is 198 g/mol. The summed E-state index contributed by atoms with van der Waals surface area (Å²) >= 11 is 0. The fourth-order valence-electron chi connectivity index (χ4n) is 2.95. The molecule has 0 aromatic carbocycles. The first kappa shape index (κ1) is 10.4. The third-order valence-corrected chi connectivity index (χ3v) is 4.37. The quantitative estimate of drug-likeness (QED) is 0.750. The van der Waals surface area contributed by atoms with Crippen LogP contribution in [-0.2, 0) is 4.74 Å². The van der Waals surface area contributed by atoms with Crippen molar-refractivity contribution in [2.45, 2.75) is 45.6 Å². The van der Waals surface area contributed by atoms with Crippen LogP contribution in [0.15, 0.2) is 0 Å². The van der Waals surface area contributed by atoms with Gasteiger partial charge in [-0.1, -0.05) is 20.3 Å². The molecular weight excluding hydrogens is 176 g/mol. The first-order chi connectivity index (χ1) is 6.74. The summed E-state index contributed by atoms with van der Waals surface area (Å²) in [7, 11) is 0. The van der Waals surface area contributed by atoms with E-state index in [0.717, 1.165) is 25.4 Å². The van der Waals surface area contributed by atoms with Crippen LogP contribution < -0.4 is 0 Å². The standard InChI is InChI=1S/C12H22O2/c1-3-9(2)12(8-13)6-7-14-11(12)10-4-5-10/h9-11,13H,3-8H2,1-2H3. The van der Waals surface area contributed by atoms with Crippen LogP contribution in [0.1, 0.15) is 39.5 Å². The minimum absolute atomic E-state index is 0.0793. The van der Waals surface area contributed by atoms with Crippen molar-refractivity contribution in [1.29, 1.82) is 0 Å². The van der Waals surface area contributed by atoms with Gasteiger partial charge in [0.2, 0.25) is 0 Å². The zero-order valence-corrected chi connectivity index (χ0v) is 9.33. The van der Waals surface area contributed by atoms with Crippen LogP contribution in [0.4, 0.5) is 0 Å². The molecule has 1 saturated carbocycles. The lowest BCUT2D eigenvalue weighted by Gasteiger charge is -2.37. The molecule has 0 bridgehead atoms. The zero-order chi connectivity index (χ0) is 10.2. The first-order valence-corrected chi connectivity index (χ1v) is 5.97. The minimum atomic E-state index is 0.0793. The number of aliphatic hydroxyl groups excluding tert-OH is 1. The number of ether oxygens (including phenoxy) is 1. The Balaban J connectivity index is 2.14. The molecule has 2 fully saturated rings. The van der Waals surface area contributed by atoms with Crippen molar-refractivity contribution < 1.29 is 9.84 Å². The molecular formula is C12H22O2. The molecule has 1 aliphatic carbocycles. The van der Waals surface area contributed by atoms with E-state index in [9.17, 15) is 5.11 Å². The van der Waals surface area contributed by atoms with E-state index in [-0.39, 0.29) is 5.41 Å². The summed E-state index contributed by atoms with van der Waals surface area (Å²) in [6.45, 7) is 5.64. The van der Waals surface area contributed by atoms with Gasteiger partial charge < -0.3 is 9.84 Å². The average molecular weight is 198 g/mol. The van der Waals surface area contributed by atoms with Crippen LogP contribution >= 0.6 is 0 Å². The van der Waals surface area contributed by atoms with Gasteiger partial charge in [0.05, 0.1) is 12.7 Å². The van der Waals surface area contributed by atoms with Crippen LogP contribution in [-0.4, -0.2) is 24.4 Å². The second-order valence-corrected chi connectivity index (χ2v) is 5.08. The Morgan fingerprint density at radius 1 is 1.50 bits per heavy atom. The van der Waals surface area contributed by atoms with Crippen LogP contribution in [0, 0.1) is 17.3 Å². The Morgan fingerprint density at radius 2 is 2.21 bits per heavy atom. The largest absolute Gasteiger partial charge is 0.396 e. The van der Waals surface area contributed by atoms with Crippen molar-refractivity contribution in [1.82, 2.24) is 0 Å². The fraction of sp³-hybridized carbons (Fsp3) is 1.00. The maximum atomic E-state index is 9.69. The van der Waals surface area contributed by atoms with Gasteiger partial charge in [-0.2, -0.15) is 0 Å². The van der Waals surface area contributed by atoms with E-state index in [1.54, 1.807) is 0 Å². The van der Waals surface area contributed by atoms with E-state index in [1.165, 1.54) is 12.8 Å². The second kappa shape index (κ2) is 3.82. The predicted molar refractivity (Wildman–Crippen MR) is 56.1 cm³/mol. The Hall–Kier alpha value is -0.0800. The highest BCUT2D eigenvalue weighted by molar-refractivity contribution is 5.01. The van der Waals surface area contributed by atoms with E-state index in [4.69, 9.17) is 4.74 Å². The molecule has 1 heterocycles. The number of hydrogen-bond donors (Lipinski definition) is 1. The summed E-state index contributed by atoms with van der Waals surface area (Å²) in [5.74, 6) is 1.33. The van der Waals surface area contributed by atoms with Gasteiger partial charge in [0.1, 0.15) is 0 Å². The third-order valence-electron chi connectivity index (χ3n) is 4.37. The van der Waals surface area contributed by atoms with E-state index >= 15 is 0 Å². The topological polar surface area (TPSA) is 29.5 Å². The Morgan fingerprint density at radius 3 is 2.71 bits per heavy atom. The summed E-state index contributed by atoms with van der Waals surface area (Å²) in [6.07, 6.45) is 5.17. The number of aliphatic hydroxyl groups is 1. The summed E-state index contributed by atoms with van der Waals surface area (Å²) in [4.78, 5) is 0. The van der Waals surface area contributed by atoms with Crippen LogP contribution in [0.2, 0.25) is 0 Å². The molecule has 1 saturated heterocycles. The highest BCUT2D eigenvalue weighted by Crippen LogP contribution is 2.51. The molecule has 0 aromatic heterocycles. The third kappa shape index (κ3) is 1.49. The first-order valence-electron chi connectivity index (χ1n) is 5.97. The summed E-state index contributed by atoms with van der Waals surface area (Å²) < 4.78 is 5.85. The van der Waals surface area contributed by atoms with Crippen LogP contribution in [0.3, 0.4) is 0 Å². The fourth-order valence-corrected chi connectivity index (χ4v) is 2.95. The molecule has 0 aromatic rings. The maximum Gasteiger partial charge on any atom is 0.0684 e. The molecule has 3 atom stereocenters. The highest BCUT2D eigenvalue weighted by Gasteiger charge is 2.52. The normalized spacial score (nSPS) is 40.1. The lowest BCUT2D eigenvalue weighted by atomic mass is 9.69. The van der Waals surface area contributed by atoms with Crippen molar-refractivity contribution in [3.05, 3.63) is 0 Å². The van der Waals surface area contributed by atoms with Gasteiger partial charge in [0, 0.05) is 12.0 Å². The lowest BCUT2D eigenvalue weighted by Crippen LogP contribution is -2.41. The number of rotatable bonds is 4. The molecule has 1 N–H and O–H groups in total. The molecule has 2 heteroatoms. The lowest BCUT2D eigenvalue weighted by molar-refractivity contribution is -0.0309. The molecule has 3 unspecified atom stereocenters. The second-order valence-electron chi connectivity index (χ2n) is 5.08. The highest BCUT2D eigenvalue weighted by atomic mass is 16.5. The van der Waals surface area contributed by atoms with Crippen molar-refractivity contribution in [3.63, 3.8) is 0 Å². The Labute approximate surface area is 86.6 Å². The summed E-state index contributed by atoms with van der Waals surface area (Å²) in [5, 5.41) is 9.69. The summed E-state index contributed by atoms with van der Waals surface area (Å²) in [5.41, 5.74) is 0.0793. The predicted octanol–water partition coefficient (Wildman–Crippen LogP) is 2.21. The molecule has 2 nitrogen and oxygen atoms in total. The van der Waals surface area contributed by atoms with E-state index in [0.29, 0.717) is 18.6 Å². The maximum absolute atomic E-state index is 9.69. The van der Waals surface area contributed by atoms with E-state index in [1.807, 2.05) is 0 Å². The van der Waals surface area contributed by atoms with Gasteiger partial charge in [-0.05, 0) is 31.1 Å². The van der Waals surface area contributed by atoms with Crippen molar-refractivity contribution in [3.8, 4) is 0 Å². The molecule has 0 radical (unpaired) electrons.